The Kier molecular flexibility index (Phi) is 73.7. The molecule has 0 rings (SSSR count). The molecule has 5 atom stereocenters. The lowest BCUT2D eigenvalue weighted by atomic mass is 10.0. The highest BCUT2D eigenvalue weighted by molar-refractivity contribution is 7.47. The van der Waals surface area contributed by atoms with Crippen LogP contribution < -0.4 is 0 Å². The summed E-state index contributed by atoms with van der Waals surface area (Å²) in [5.74, 6) is -2.32. The molecule has 17 nitrogen and oxygen atoms in total. The Bertz CT molecular complexity index is 2390. The van der Waals surface area contributed by atoms with E-state index in [-0.39, 0.29) is 25.7 Å². The van der Waals surface area contributed by atoms with Crippen molar-refractivity contribution in [2.75, 3.05) is 39.6 Å². The second kappa shape index (κ2) is 76.9. The van der Waals surface area contributed by atoms with Gasteiger partial charge in [0.05, 0.1) is 32.8 Å². The van der Waals surface area contributed by atoms with Crippen molar-refractivity contribution in [1.29, 1.82) is 0 Å². The van der Waals surface area contributed by atoms with Gasteiger partial charge >= 0.3 is 39.5 Å². The third-order valence-electron chi connectivity index (χ3n) is 17.3. The molecule has 0 heterocycles. The molecule has 0 amide bonds. The predicted molar refractivity (Wildman–Crippen MR) is 427 cm³/mol. The van der Waals surface area contributed by atoms with Gasteiger partial charge in [-0.1, -0.05) is 343 Å². The Morgan fingerprint density at radius 1 is 0.288 bits per heavy atom. The minimum Gasteiger partial charge on any atom is -0.462 e. The highest BCUT2D eigenvalue weighted by atomic mass is 31.2. The molecule has 3 N–H and O–H groups in total. The van der Waals surface area contributed by atoms with Crippen molar-refractivity contribution in [2.45, 2.75) is 367 Å². The fraction of sp³-hybridized carbons (Fsp3) is 0.741. The summed E-state index contributed by atoms with van der Waals surface area (Å²) in [4.78, 5) is 73.0. The third-order valence-corrected chi connectivity index (χ3v) is 19.2. The van der Waals surface area contributed by atoms with E-state index in [1.54, 1.807) is 12.2 Å². The predicted octanol–water partition coefficient (Wildman–Crippen LogP) is 24.1. The van der Waals surface area contributed by atoms with Gasteiger partial charge in [-0.2, -0.15) is 0 Å². The van der Waals surface area contributed by atoms with E-state index in [0.717, 1.165) is 135 Å². The van der Waals surface area contributed by atoms with E-state index < -0.39 is 97.5 Å². The molecule has 0 radical (unpaired) electrons. The summed E-state index contributed by atoms with van der Waals surface area (Å²) in [7, 11) is -9.99. The quantitative estimate of drug-likeness (QED) is 0.0169. The summed E-state index contributed by atoms with van der Waals surface area (Å²) in [5.41, 5.74) is 0. The summed E-state index contributed by atoms with van der Waals surface area (Å²) in [6, 6.07) is 0. The van der Waals surface area contributed by atoms with Gasteiger partial charge in [0.25, 0.3) is 0 Å². The van der Waals surface area contributed by atoms with Crippen molar-refractivity contribution in [1.82, 2.24) is 0 Å². The minimum atomic E-state index is -5.01. The van der Waals surface area contributed by atoms with E-state index >= 15 is 0 Å². The molecule has 0 bridgehead atoms. The number of allylic oxidation sites excluding steroid dienone is 17. The number of unbranched alkanes of at least 4 members (excludes halogenated alkanes) is 34. The lowest BCUT2D eigenvalue weighted by Crippen LogP contribution is -2.30. The van der Waals surface area contributed by atoms with E-state index in [1.807, 2.05) is 12.2 Å². The average Bonchev–Trinajstić information content (AvgIpc) is 0.999. The number of hydrogen-bond donors (Lipinski definition) is 3. The molecule has 0 saturated carbocycles. The fourth-order valence-corrected chi connectivity index (χ4v) is 12.7. The van der Waals surface area contributed by atoms with Gasteiger partial charge in [-0.15, -0.1) is 0 Å². The first-order valence-electron chi connectivity index (χ1n) is 41.1. The largest absolute Gasteiger partial charge is 0.472 e. The van der Waals surface area contributed by atoms with Crippen LogP contribution in [0.15, 0.2) is 109 Å². The Morgan fingerprint density at radius 2 is 0.538 bits per heavy atom. The normalized spacial score (nSPS) is 14.4. The number of aliphatic hydroxyl groups is 1. The van der Waals surface area contributed by atoms with E-state index in [1.165, 1.54) is 135 Å². The van der Waals surface area contributed by atoms with Crippen LogP contribution in [0.5, 0.6) is 0 Å². The third kappa shape index (κ3) is 75.9. The van der Waals surface area contributed by atoms with Gasteiger partial charge in [0, 0.05) is 19.3 Å². The van der Waals surface area contributed by atoms with Gasteiger partial charge in [-0.3, -0.25) is 37.3 Å². The number of phosphoric acid groups is 2. The highest BCUT2D eigenvalue weighted by Gasteiger charge is 2.30. The molecule has 0 spiro atoms. The van der Waals surface area contributed by atoms with Crippen molar-refractivity contribution in [3.8, 4) is 0 Å². The van der Waals surface area contributed by atoms with Crippen molar-refractivity contribution < 1.29 is 80.2 Å². The maximum absolute atomic E-state index is 13.1. The van der Waals surface area contributed by atoms with Crippen LogP contribution in [0.2, 0.25) is 0 Å². The van der Waals surface area contributed by atoms with Crippen LogP contribution in [0.25, 0.3) is 0 Å². The number of rotatable bonds is 77. The van der Waals surface area contributed by atoms with Gasteiger partial charge in [-0.05, 0) is 89.9 Å². The van der Waals surface area contributed by atoms with Crippen LogP contribution in [0.1, 0.15) is 349 Å². The maximum Gasteiger partial charge on any atom is 0.472 e. The number of aliphatic hydroxyl groups excluding tert-OH is 1. The average molecular weight is 1500 g/mol. The molecule has 0 aromatic rings. The molecule has 0 fully saturated rings. The van der Waals surface area contributed by atoms with E-state index in [9.17, 15) is 43.2 Å². The zero-order chi connectivity index (χ0) is 76.0. The molecule has 0 aliphatic heterocycles. The molecule has 5 unspecified atom stereocenters. The van der Waals surface area contributed by atoms with Crippen LogP contribution in [0.4, 0.5) is 0 Å². The van der Waals surface area contributed by atoms with Crippen molar-refractivity contribution in [2.24, 2.45) is 0 Å². The number of phosphoric ester groups is 2. The number of hydrogen-bond acceptors (Lipinski definition) is 15. The summed E-state index contributed by atoms with van der Waals surface area (Å²) >= 11 is 0. The first-order valence-corrected chi connectivity index (χ1v) is 44.1. The molecule has 0 aliphatic carbocycles. The fourth-order valence-electron chi connectivity index (χ4n) is 11.1. The lowest BCUT2D eigenvalue weighted by Gasteiger charge is -2.21. The molecular weight excluding hydrogens is 1350 g/mol. The first-order chi connectivity index (χ1) is 50.7. The Morgan fingerprint density at radius 3 is 0.856 bits per heavy atom. The number of esters is 4. The SMILES string of the molecule is CC/C=C\C/C=C\C/C=C\C/C=C\C/C=C\CC(=O)OC(COC(=O)CCCCCCCC/C=C\C/C=C\C/C=C\C/C=C\CC)COP(=O)(O)OCC(O)COP(=O)(O)OCC(COC(=O)CCCCCCCCCCCCCCCCC)OC(=O)CCCCCCCCCCCCCCCCC. The molecule has 19 heteroatoms. The van der Waals surface area contributed by atoms with Crippen molar-refractivity contribution in [3.05, 3.63) is 109 Å². The Labute approximate surface area is 632 Å². The van der Waals surface area contributed by atoms with Crippen LogP contribution in [0.3, 0.4) is 0 Å². The smallest absolute Gasteiger partial charge is 0.462 e. The monoisotopic (exact) mass is 1500 g/mol. The van der Waals surface area contributed by atoms with Crippen LogP contribution in [-0.2, 0) is 65.4 Å². The van der Waals surface area contributed by atoms with Crippen molar-refractivity contribution in [3.63, 3.8) is 0 Å². The van der Waals surface area contributed by atoms with Crippen LogP contribution in [0, 0.1) is 0 Å². The van der Waals surface area contributed by atoms with Gasteiger partial charge in [0.15, 0.2) is 12.2 Å². The second-order valence-electron chi connectivity index (χ2n) is 27.3. The molecule has 0 aromatic heterocycles. The van der Waals surface area contributed by atoms with E-state index in [0.29, 0.717) is 25.7 Å². The number of carbonyl (C=O) groups excluding carboxylic acids is 4. The topological polar surface area (TPSA) is 237 Å². The molecular formula is C85H148O17P2. The summed E-state index contributed by atoms with van der Waals surface area (Å²) < 4.78 is 68.6. The van der Waals surface area contributed by atoms with Crippen LogP contribution in [-0.4, -0.2) is 96.7 Å². The minimum absolute atomic E-state index is 0.0979. The zero-order valence-electron chi connectivity index (χ0n) is 65.7. The summed E-state index contributed by atoms with van der Waals surface area (Å²) in [6.45, 7) is 4.58. The molecule has 0 aromatic carbocycles. The Balaban J connectivity index is 5.40. The Hall–Kier alpha value is -4.28. The molecule has 0 saturated heterocycles. The van der Waals surface area contributed by atoms with Gasteiger partial charge in [0.1, 0.15) is 19.3 Å². The van der Waals surface area contributed by atoms with Crippen molar-refractivity contribution >= 4 is 39.5 Å². The summed E-state index contributed by atoms with van der Waals surface area (Å²) in [6.07, 6.45) is 83.8. The molecule has 600 valence electrons. The van der Waals surface area contributed by atoms with Gasteiger partial charge < -0.3 is 33.8 Å². The molecule has 104 heavy (non-hydrogen) atoms. The standard InChI is InChI=1S/C85H148O17P2/c1-5-9-13-17-21-25-29-33-37-38-39-40-44-46-50-54-58-62-66-70-83(88)96-76-81(102-85(90)72-68-64-60-56-52-48-43-36-32-28-24-20-16-12-8-4)78-100-104(93,94)98-74-79(86)73-97-103(91,92)99-77-80(101-84(89)71-67-63-59-55-51-47-42-35-31-27-23-19-15-11-7-3)75-95-82(87)69-65-61-57-53-49-45-41-34-30-26-22-18-14-10-6-2/h9,12-13,16,21,24-25,28,33,36-37,39-40,43,52,56,64,68,79-81,86H,5-8,10-11,14-15,17-20,22-23,26-27,29-32,34-35,38,41-42,44-51,53-55,57-63,65-67,69-78H2,1-4H3,(H,91,92)(H,93,94)/b13-9-,16-12-,25-21-,28-24-,37-33-,40-39-,43-36-,56-52-,68-64-. The lowest BCUT2D eigenvalue weighted by molar-refractivity contribution is -0.161. The second-order valence-corrected chi connectivity index (χ2v) is 30.2. The summed E-state index contributed by atoms with van der Waals surface area (Å²) in [5, 5.41) is 10.6. The van der Waals surface area contributed by atoms with Gasteiger partial charge in [-0.25, -0.2) is 9.13 Å². The van der Waals surface area contributed by atoms with E-state index in [2.05, 4.69) is 113 Å². The van der Waals surface area contributed by atoms with Crippen LogP contribution >= 0.6 is 15.6 Å². The van der Waals surface area contributed by atoms with Gasteiger partial charge in [0.2, 0.25) is 0 Å². The highest BCUT2D eigenvalue weighted by Crippen LogP contribution is 2.45. The van der Waals surface area contributed by atoms with E-state index in [4.69, 9.17) is 37.0 Å². The first kappa shape index (κ1) is 99.7. The zero-order valence-corrected chi connectivity index (χ0v) is 67.5. The number of ether oxygens (including phenoxy) is 4. The number of carbonyl (C=O) groups is 4. The maximum atomic E-state index is 13.1. The molecule has 0 aliphatic rings.